The molecular weight excluding hydrogens is 378 g/mol. The first kappa shape index (κ1) is 21.2. The van der Waals surface area contributed by atoms with Gasteiger partial charge in [0.15, 0.2) is 6.10 Å². The zero-order valence-corrected chi connectivity index (χ0v) is 17.3. The van der Waals surface area contributed by atoms with Gasteiger partial charge in [-0.1, -0.05) is 42.8 Å². The monoisotopic (exact) mass is 405 g/mol. The Bertz CT molecular complexity index is 908. The molecule has 0 saturated carbocycles. The fourth-order valence-corrected chi connectivity index (χ4v) is 2.80. The highest BCUT2D eigenvalue weighted by atomic mass is 16.5. The van der Waals surface area contributed by atoms with Gasteiger partial charge in [-0.3, -0.25) is 4.79 Å². The van der Waals surface area contributed by atoms with E-state index in [1.807, 2.05) is 92.7 Å². The van der Waals surface area contributed by atoms with Gasteiger partial charge < -0.3 is 19.5 Å². The summed E-state index contributed by atoms with van der Waals surface area (Å²) in [6.45, 7) is 4.82. The highest BCUT2D eigenvalue weighted by Crippen LogP contribution is 2.18. The Morgan fingerprint density at radius 3 is 1.97 bits per heavy atom. The van der Waals surface area contributed by atoms with E-state index in [4.69, 9.17) is 14.2 Å². The topological polar surface area (TPSA) is 56.8 Å². The average molecular weight is 405 g/mol. The molecule has 0 spiro atoms. The molecule has 1 N–H and O–H groups in total. The number of aryl methyl sites for hydroxylation is 1. The maximum absolute atomic E-state index is 12.6. The molecule has 0 aromatic heterocycles. The smallest absolute Gasteiger partial charge is 0.265 e. The van der Waals surface area contributed by atoms with E-state index in [-0.39, 0.29) is 5.91 Å². The van der Waals surface area contributed by atoms with Crippen LogP contribution < -0.4 is 19.5 Å². The Kier molecular flexibility index (Phi) is 7.72. The molecule has 0 fully saturated rings. The van der Waals surface area contributed by atoms with Crippen molar-refractivity contribution in [3.8, 4) is 17.2 Å². The molecule has 1 amide bonds. The van der Waals surface area contributed by atoms with Crippen LogP contribution in [-0.4, -0.2) is 25.2 Å². The van der Waals surface area contributed by atoms with Gasteiger partial charge in [-0.2, -0.15) is 0 Å². The summed E-state index contributed by atoms with van der Waals surface area (Å²) in [7, 11) is 0. The van der Waals surface area contributed by atoms with Crippen LogP contribution in [0.4, 0.5) is 5.69 Å². The fourth-order valence-electron chi connectivity index (χ4n) is 2.80. The van der Waals surface area contributed by atoms with Crippen molar-refractivity contribution in [1.82, 2.24) is 0 Å². The minimum absolute atomic E-state index is 0.178. The Hall–Kier alpha value is -3.47. The lowest BCUT2D eigenvalue weighted by molar-refractivity contribution is -0.122. The summed E-state index contributed by atoms with van der Waals surface area (Å²) < 4.78 is 17.1. The predicted octanol–water partition coefficient (Wildman–Crippen LogP) is 5.25. The maximum atomic E-state index is 12.6. The van der Waals surface area contributed by atoms with Gasteiger partial charge >= 0.3 is 0 Å². The van der Waals surface area contributed by atoms with E-state index in [9.17, 15) is 4.79 Å². The van der Waals surface area contributed by atoms with Crippen LogP contribution in [0, 0.1) is 6.92 Å². The van der Waals surface area contributed by atoms with Crippen LogP contribution in [0.3, 0.4) is 0 Å². The van der Waals surface area contributed by atoms with Crippen LogP contribution in [0.1, 0.15) is 18.9 Å². The first-order valence-electron chi connectivity index (χ1n) is 10.1. The summed E-state index contributed by atoms with van der Waals surface area (Å²) in [5.41, 5.74) is 1.84. The summed E-state index contributed by atoms with van der Waals surface area (Å²) in [6.07, 6.45) is 0.0150. The molecule has 1 atom stereocenters. The molecule has 3 aromatic rings. The van der Waals surface area contributed by atoms with Crippen molar-refractivity contribution in [2.75, 3.05) is 18.5 Å². The lowest BCUT2D eigenvalue weighted by Crippen LogP contribution is -2.32. The number of rotatable bonds is 10. The van der Waals surface area contributed by atoms with Gasteiger partial charge in [0.2, 0.25) is 0 Å². The Morgan fingerprint density at radius 2 is 1.37 bits per heavy atom. The first-order chi connectivity index (χ1) is 14.6. The third-order valence-electron chi connectivity index (χ3n) is 4.45. The second-order valence-electron chi connectivity index (χ2n) is 6.85. The molecule has 5 nitrogen and oxygen atoms in total. The number of carbonyl (C=O) groups excluding carboxylic acids is 1. The second kappa shape index (κ2) is 10.9. The van der Waals surface area contributed by atoms with Crippen LogP contribution >= 0.6 is 0 Å². The number of para-hydroxylation sites is 1. The summed E-state index contributed by atoms with van der Waals surface area (Å²) >= 11 is 0. The molecule has 5 heteroatoms. The second-order valence-corrected chi connectivity index (χ2v) is 6.85. The lowest BCUT2D eigenvalue weighted by Gasteiger charge is -2.17. The summed E-state index contributed by atoms with van der Waals surface area (Å²) in [4.78, 5) is 12.6. The molecule has 3 rings (SSSR count). The summed E-state index contributed by atoms with van der Waals surface area (Å²) in [6, 6.07) is 24.5. The standard InChI is InChI=1S/C25H27NO4/c1-3-24(30-23-13-9-19(2)10-14-23)25(27)26-20-11-15-22(16-12-20)29-18-17-28-21-7-5-4-6-8-21/h4-16,24H,3,17-18H2,1-2H3,(H,26,27). The van der Waals surface area contributed by atoms with Gasteiger partial charge in [0.1, 0.15) is 30.5 Å². The molecule has 156 valence electrons. The number of hydrogen-bond donors (Lipinski definition) is 1. The molecular formula is C25H27NO4. The lowest BCUT2D eigenvalue weighted by atomic mass is 10.2. The fraction of sp³-hybridized carbons (Fsp3) is 0.240. The van der Waals surface area contributed by atoms with Gasteiger partial charge in [0, 0.05) is 5.69 Å². The molecule has 0 heterocycles. The van der Waals surface area contributed by atoms with Crippen molar-refractivity contribution in [3.63, 3.8) is 0 Å². The van der Waals surface area contributed by atoms with Crippen LogP contribution in [-0.2, 0) is 4.79 Å². The number of hydrogen-bond acceptors (Lipinski definition) is 4. The third-order valence-corrected chi connectivity index (χ3v) is 4.45. The Morgan fingerprint density at radius 1 is 0.800 bits per heavy atom. The SMILES string of the molecule is CCC(Oc1ccc(C)cc1)C(=O)Nc1ccc(OCCOc2ccccc2)cc1. The number of anilines is 1. The van der Waals surface area contributed by atoms with Crippen LogP contribution in [0.5, 0.6) is 17.2 Å². The van der Waals surface area contributed by atoms with E-state index in [1.54, 1.807) is 0 Å². The van der Waals surface area contributed by atoms with Crippen LogP contribution in [0.15, 0.2) is 78.9 Å². The summed E-state index contributed by atoms with van der Waals surface area (Å²) in [5.74, 6) is 2.04. The molecule has 1 unspecified atom stereocenters. The van der Waals surface area contributed by atoms with E-state index in [1.165, 1.54) is 0 Å². The molecule has 0 aliphatic heterocycles. The van der Waals surface area contributed by atoms with Crippen molar-refractivity contribution >= 4 is 11.6 Å². The number of nitrogens with one attached hydrogen (secondary N) is 1. The number of ether oxygens (including phenoxy) is 3. The zero-order valence-electron chi connectivity index (χ0n) is 17.3. The van der Waals surface area contributed by atoms with Crippen molar-refractivity contribution in [1.29, 1.82) is 0 Å². The minimum atomic E-state index is -0.557. The van der Waals surface area contributed by atoms with E-state index in [0.717, 1.165) is 11.3 Å². The van der Waals surface area contributed by atoms with E-state index >= 15 is 0 Å². The number of carbonyl (C=O) groups is 1. The molecule has 0 aliphatic carbocycles. The van der Waals surface area contributed by atoms with Crippen molar-refractivity contribution in [3.05, 3.63) is 84.4 Å². The minimum Gasteiger partial charge on any atom is -0.490 e. The molecule has 0 bridgehead atoms. The molecule has 0 aliphatic rings. The van der Waals surface area contributed by atoms with E-state index in [0.29, 0.717) is 36.8 Å². The van der Waals surface area contributed by atoms with Crippen molar-refractivity contribution in [2.45, 2.75) is 26.4 Å². The average Bonchev–Trinajstić information content (AvgIpc) is 2.78. The third kappa shape index (κ3) is 6.55. The molecule has 30 heavy (non-hydrogen) atoms. The van der Waals surface area contributed by atoms with Gasteiger partial charge in [0.05, 0.1) is 0 Å². The number of benzene rings is 3. The van der Waals surface area contributed by atoms with Crippen molar-refractivity contribution < 1.29 is 19.0 Å². The van der Waals surface area contributed by atoms with Crippen LogP contribution in [0.25, 0.3) is 0 Å². The van der Waals surface area contributed by atoms with Gasteiger partial charge in [-0.15, -0.1) is 0 Å². The quantitative estimate of drug-likeness (QED) is 0.468. The van der Waals surface area contributed by atoms with Gasteiger partial charge in [0.25, 0.3) is 5.91 Å². The zero-order chi connectivity index (χ0) is 21.2. The van der Waals surface area contributed by atoms with E-state index < -0.39 is 6.10 Å². The molecule has 0 saturated heterocycles. The van der Waals surface area contributed by atoms with Crippen molar-refractivity contribution in [2.24, 2.45) is 0 Å². The van der Waals surface area contributed by atoms with E-state index in [2.05, 4.69) is 5.32 Å². The maximum Gasteiger partial charge on any atom is 0.265 e. The highest BCUT2D eigenvalue weighted by Gasteiger charge is 2.18. The Balaban J connectivity index is 1.45. The number of amides is 1. The first-order valence-corrected chi connectivity index (χ1v) is 10.1. The van der Waals surface area contributed by atoms with Crippen LogP contribution in [0.2, 0.25) is 0 Å². The highest BCUT2D eigenvalue weighted by molar-refractivity contribution is 5.94. The predicted molar refractivity (Wildman–Crippen MR) is 118 cm³/mol. The molecule has 0 radical (unpaired) electrons. The summed E-state index contributed by atoms with van der Waals surface area (Å²) in [5, 5.41) is 2.90. The Labute approximate surface area is 177 Å². The normalized spacial score (nSPS) is 11.4. The van der Waals surface area contributed by atoms with Gasteiger partial charge in [-0.05, 0) is 61.9 Å². The molecule has 3 aromatic carbocycles. The van der Waals surface area contributed by atoms with Gasteiger partial charge in [-0.25, -0.2) is 0 Å². The largest absolute Gasteiger partial charge is 0.490 e.